The zero-order valence-corrected chi connectivity index (χ0v) is 19.1. The summed E-state index contributed by atoms with van der Waals surface area (Å²) >= 11 is 6.16. The van der Waals surface area contributed by atoms with Gasteiger partial charge in [-0.1, -0.05) is 18.5 Å². The van der Waals surface area contributed by atoms with E-state index in [0.29, 0.717) is 30.5 Å². The van der Waals surface area contributed by atoms with Crippen LogP contribution in [0.4, 0.5) is 23.7 Å². The number of fused-ring (bicyclic) bond motifs is 2. The van der Waals surface area contributed by atoms with Gasteiger partial charge >= 0.3 is 6.03 Å². The zero-order valence-electron chi connectivity index (χ0n) is 18.3. The molecule has 2 bridgehead atoms. The minimum Gasteiger partial charge on any atom is -0.423 e. The van der Waals surface area contributed by atoms with E-state index in [1.54, 1.807) is 11.8 Å². The van der Waals surface area contributed by atoms with Crippen LogP contribution in [0.5, 0.6) is 0 Å². The Hall–Kier alpha value is -3.15. The molecule has 1 saturated carbocycles. The smallest absolute Gasteiger partial charge is 0.323 e. The molecule has 1 aliphatic heterocycles. The lowest BCUT2D eigenvalue weighted by Gasteiger charge is -2.61. The molecular weight excluding hydrogens is 475 g/mol. The van der Waals surface area contributed by atoms with Crippen LogP contribution in [-0.4, -0.2) is 48.4 Å². The van der Waals surface area contributed by atoms with E-state index in [-0.39, 0.29) is 28.1 Å². The maximum Gasteiger partial charge on any atom is 0.323 e. The lowest BCUT2D eigenvalue weighted by molar-refractivity contribution is -0.110. The highest BCUT2D eigenvalue weighted by Crippen LogP contribution is 2.55. The van der Waals surface area contributed by atoms with E-state index in [2.05, 4.69) is 32.5 Å². The maximum atomic E-state index is 14.7. The number of nitrogens with zero attached hydrogens (tertiary/aromatic N) is 6. The largest absolute Gasteiger partial charge is 0.423 e. The van der Waals surface area contributed by atoms with Crippen molar-refractivity contribution < 1.29 is 22.4 Å². The Morgan fingerprint density at radius 2 is 2.15 bits per heavy atom. The monoisotopic (exact) mass is 495 g/mol. The predicted molar refractivity (Wildman–Crippen MR) is 115 cm³/mol. The van der Waals surface area contributed by atoms with Crippen LogP contribution in [0.1, 0.15) is 38.0 Å². The summed E-state index contributed by atoms with van der Waals surface area (Å²) in [7, 11) is 0. The number of aryl methyl sites for hydroxylation is 1. The Bertz CT molecular complexity index is 1250. The molecule has 5 rings (SSSR count). The van der Waals surface area contributed by atoms with Crippen LogP contribution in [0.25, 0.3) is 11.4 Å². The van der Waals surface area contributed by atoms with Gasteiger partial charge in [-0.15, -0.1) is 10.2 Å². The number of amides is 2. The number of aromatic nitrogens is 5. The van der Waals surface area contributed by atoms with E-state index in [1.165, 1.54) is 6.07 Å². The van der Waals surface area contributed by atoms with Gasteiger partial charge < -0.3 is 14.6 Å². The lowest BCUT2D eigenvalue weighted by Crippen LogP contribution is -2.70. The number of likely N-dealkylation sites (tertiary alicyclic amines) is 1. The number of hydrogen-bond acceptors (Lipinski definition) is 6. The predicted octanol–water partition coefficient (Wildman–Crippen LogP) is 4.63. The van der Waals surface area contributed by atoms with Crippen LogP contribution in [0.3, 0.4) is 0 Å². The third kappa shape index (κ3) is 3.79. The summed E-state index contributed by atoms with van der Waals surface area (Å²) in [6.07, 6.45) is 0.673. The number of urea groups is 1. The first-order valence-electron chi connectivity index (χ1n) is 10.7. The van der Waals surface area contributed by atoms with Crippen molar-refractivity contribution >= 4 is 23.3 Å². The Morgan fingerprint density at radius 3 is 2.85 bits per heavy atom. The van der Waals surface area contributed by atoms with Gasteiger partial charge in [0.25, 0.3) is 6.43 Å². The van der Waals surface area contributed by atoms with Crippen molar-refractivity contribution in [1.82, 2.24) is 29.9 Å². The molecule has 0 unspecified atom stereocenters. The van der Waals surface area contributed by atoms with Crippen molar-refractivity contribution in [2.24, 2.45) is 5.92 Å². The van der Waals surface area contributed by atoms with Crippen molar-refractivity contribution in [3.63, 3.8) is 0 Å². The summed E-state index contributed by atoms with van der Waals surface area (Å²) in [6, 6.07) is 1.76. The number of nitrogens with one attached hydrogen (secondary N) is 1. The molecule has 2 fully saturated rings. The second-order valence-corrected chi connectivity index (χ2v) is 9.26. The molecule has 3 heterocycles. The third-order valence-corrected chi connectivity index (χ3v) is 6.62. The van der Waals surface area contributed by atoms with E-state index in [0.717, 1.165) is 23.5 Å². The SMILES string of the molecule is Cc1nnc([C@]23C[C@@H](C)C[C@H](C2)N3C(=O)Nc2cc(-c3ncn(CC(F)F)n3)c(Cl)cc2F)o1. The molecule has 3 aromatic rings. The highest BCUT2D eigenvalue weighted by Gasteiger charge is 2.62. The Kier molecular flexibility index (Phi) is 5.50. The summed E-state index contributed by atoms with van der Waals surface area (Å²) in [5.41, 5.74) is -0.676. The van der Waals surface area contributed by atoms with Gasteiger partial charge in [0.05, 0.1) is 10.7 Å². The van der Waals surface area contributed by atoms with Crippen molar-refractivity contribution in [1.29, 1.82) is 0 Å². The molecule has 180 valence electrons. The van der Waals surface area contributed by atoms with Crippen LogP contribution in [0.15, 0.2) is 22.9 Å². The Morgan fingerprint density at radius 1 is 1.35 bits per heavy atom. The van der Waals surface area contributed by atoms with Gasteiger partial charge in [0.2, 0.25) is 11.8 Å². The topological polar surface area (TPSA) is 102 Å². The summed E-state index contributed by atoms with van der Waals surface area (Å²) < 4.78 is 46.7. The van der Waals surface area contributed by atoms with Gasteiger partial charge in [-0.3, -0.25) is 0 Å². The molecule has 0 radical (unpaired) electrons. The standard InChI is InChI=1S/C21H21ClF3N7O2/c1-10-3-12-7-21(6-10,19-29-28-11(2)34-19)32(12)20(33)27-16-4-13(14(22)5-15(16)23)18-26-9-31(30-18)8-17(24)25/h4-5,9-10,12,17H,3,6-8H2,1-2H3,(H,27,33)/t10-,12+,21-/m0/s1. The van der Waals surface area contributed by atoms with Crippen molar-refractivity contribution in [2.75, 3.05) is 5.32 Å². The van der Waals surface area contributed by atoms with Gasteiger partial charge in [-0.2, -0.15) is 5.10 Å². The minimum atomic E-state index is -2.61. The highest BCUT2D eigenvalue weighted by molar-refractivity contribution is 6.33. The molecule has 34 heavy (non-hydrogen) atoms. The second kappa shape index (κ2) is 8.26. The molecule has 2 amide bonds. The van der Waals surface area contributed by atoms with E-state index in [9.17, 15) is 18.0 Å². The third-order valence-electron chi connectivity index (χ3n) is 6.30. The van der Waals surface area contributed by atoms with E-state index in [1.807, 2.05) is 0 Å². The number of halogens is 4. The van der Waals surface area contributed by atoms with Crippen LogP contribution in [-0.2, 0) is 12.1 Å². The summed E-state index contributed by atoms with van der Waals surface area (Å²) in [6.45, 7) is 3.15. The fraction of sp³-hybridized carbons (Fsp3) is 0.476. The average Bonchev–Trinajstić information content (AvgIpc) is 3.38. The first-order chi connectivity index (χ1) is 16.2. The number of piperidine rings is 1. The highest BCUT2D eigenvalue weighted by atomic mass is 35.5. The number of carbonyl (C=O) groups is 1. The molecule has 1 saturated heterocycles. The van der Waals surface area contributed by atoms with Gasteiger partial charge in [0.15, 0.2) is 5.82 Å². The molecule has 2 aliphatic rings. The number of benzene rings is 1. The van der Waals surface area contributed by atoms with Crippen molar-refractivity contribution in [2.45, 2.75) is 57.7 Å². The lowest BCUT2D eigenvalue weighted by atomic mass is 9.64. The molecule has 9 nitrogen and oxygen atoms in total. The molecule has 0 spiro atoms. The molecular formula is C21H21ClF3N7O2. The molecule has 1 N–H and O–H groups in total. The molecule has 3 atom stereocenters. The summed E-state index contributed by atoms with van der Waals surface area (Å²) in [5.74, 6) is 0.403. The van der Waals surface area contributed by atoms with Crippen molar-refractivity contribution in [3.05, 3.63) is 41.1 Å². The van der Waals surface area contributed by atoms with E-state index < -0.39 is 30.4 Å². The quantitative estimate of drug-likeness (QED) is 0.554. The maximum absolute atomic E-state index is 14.7. The fourth-order valence-electron chi connectivity index (χ4n) is 5.07. The van der Waals surface area contributed by atoms with Crippen LogP contribution in [0.2, 0.25) is 5.02 Å². The van der Waals surface area contributed by atoms with Gasteiger partial charge in [0.1, 0.15) is 24.2 Å². The number of anilines is 1. The first-order valence-corrected chi connectivity index (χ1v) is 11.1. The zero-order chi connectivity index (χ0) is 24.2. The molecule has 2 aromatic heterocycles. The Balaban J connectivity index is 1.42. The fourth-order valence-corrected chi connectivity index (χ4v) is 5.31. The number of hydrogen-bond donors (Lipinski definition) is 1. The molecule has 1 aliphatic carbocycles. The van der Waals surface area contributed by atoms with Crippen LogP contribution in [0, 0.1) is 18.7 Å². The first kappa shape index (κ1) is 22.6. The van der Waals surface area contributed by atoms with E-state index in [4.69, 9.17) is 16.0 Å². The van der Waals surface area contributed by atoms with Gasteiger partial charge in [0, 0.05) is 24.9 Å². The summed E-state index contributed by atoms with van der Waals surface area (Å²) in [5, 5.41) is 14.6. The van der Waals surface area contributed by atoms with E-state index >= 15 is 0 Å². The van der Waals surface area contributed by atoms with Gasteiger partial charge in [-0.25, -0.2) is 27.6 Å². The number of rotatable bonds is 5. The summed E-state index contributed by atoms with van der Waals surface area (Å²) in [4.78, 5) is 18.9. The van der Waals surface area contributed by atoms with Crippen molar-refractivity contribution in [3.8, 4) is 11.4 Å². The van der Waals surface area contributed by atoms with Crippen LogP contribution >= 0.6 is 11.6 Å². The number of carbonyl (C=O) groups excluding carboxylic acids is 1. The van der Waals surface area contributed by atoms with Gasteiger partial charge in [-0.05, 0) is 30.9 Å². The average molecular weight is 496 g/mol. The molecule has 1 aromatic carbocycles. The minimum absolute atomic E-state index is 0.0160. The number of alkyl halides is 2. The normalized spacial score (nSPS) is 23.8. The molecule has 13 heteroatoms. The Labute approximate surface area is 197 Å². The second-order valence-electron chi connectivity index (χ2n) is 8.85. The van der Waals surface area contributed by atoms with Crippen LogP contribution < -0.4 is 5.32 Å².